The van der Waals surface area contributed by atoms with Crippen molar-refractivity contribution >= 4 is 11.9 Å². The normalized spacial score (nSPS) is 19.9. The van der Waals surface area contributed by atoms with Crippen LogP contribution in [0.5, 0.6) is 0 Å². The van der Waals surface area contributed by atoms with Crippen LogP contribution in [0.3, 0.4) is 0 Å². The molecule has 1 unspecified atom stereocenters. The van der Waals surface area contributed by atoms with Crippen molar-refractivity contribution in [2.75, 3.05) is 27.2 Å². The van der Waals surface area contributed by atoms with E-state index < -0.39 is 5.97 Å². The van der Waals surface area contributed by atoms with Crippen molar-refractivity contribution in [3.8, 4) is 0 Å². The Morgan fingerprint density at radius 1 is 1.29 bits per heavy atom. The average Bonchev–Trinajstić information content (AvgIpc) is 2.73. The smallest absolute Gasteiger partial charge is 0.303 e. The summed E-state index contributed by atoms with van der Waals surface area (Å²) in [6.45, 7) is 1.64. The number of rotatable bonds is 6. The van der Waals surface area contributed by atoms with Crippen molar-refractivity contribution in [2.24, 2.45) is 0 Å². The summed E-state index contributed by atoms with van der Waals surface area (Å²) in [5.74, 6) is -0.619. The van der Waals surface area contributed by atoms with Gasteiger partial charge in [0.2, 0.25) is 5.91 Å². The van der Waals surface area contributed by atoms with Gasteiger partial charge in [-0.1, -0.05) is 0 Å². The molecule has 1 fully saturated rings. The van der Waals surface area contributed by atoms with Crippen LogP contribution in [0.1, 0.15) is 32.1 Å². The number of hydrogen-bond acceptors (Lipinski definition) is 3. The number of likely N-dealkylation sites (tertiary alicyclic amines) is 1. The molecule has 0 bridgehead atoms. The number of unbranched alkanes of at least 4 members (excludes halogenated alkanes) is 1. The maximum absolute atomic E-state index is 11.8. The molecule has 17 heavy (non-hydrogen) atoms. The molecule has 1 heterocycles. The molecule has 0 saturated carbocycles. The number of aliphatic carboxylic acids is 1. The molecule has 5 heteroatoms. The van der Waals surface area contributed by atoms with Crippen molar-refractivity contribution in [3.63, 3.8) is 0 Å². The molecule has 0 aromatic heterocycles. The zero-order chi connectivity index (χ0) is 12.8. The molecule has 0 radical (unpaired) electrons. The van der Waals surface area contributed by atoms with E-state index in [1.807, 2.05) is 19.0 Å². The number of carboxylic acid groups (broad SMARTS) is 1. The Hall–Kier alpha value is -1.10. The highest BCUT2D eigenvalue weighted by Crippen LogP contribution is 2.15. The van der Waals surface area contributed by atoms with Crippen molar-refractivity contribution in [1.29, 1.82) is 0 Å². The van der Waals surface area contributed by atoms with E-state index in [4.69, 9.17) is 5.11 Å². The quantitative estimate of drug-likeness (QED) is 0.700. The number of amides is 1. The molecule has 1 amide bonds. The van der Waals surface area contributed by atoms with Gasteiger partial charge in [0.1, 0.15) is 0 Å². The van der Waals surface area contributed by atoms with Gasteiger partial charge in [-0.05, 0) is 33.4 Å². The zero-order valence-corrected chi connectivity index (χ0v) is 10.7. The Morgan fingerprint density at radius 3 is 2.47 bits per heavy atom. The lowest BCUT2D eigenvalue weighted by atomic mass is 10.2. The second-order valence-corrected chi connectivity index (χ2v) is 4.85. The monoisotopic (exact) mass is 242 g/mol. The third kappa shape index (κ3) is 4.73. The SMILES string of the molecule is CN(C)C1CCN(C(=O)CCCCC(=O)O)C1. The first kappa shape index (κ1) is 14.0. The number of carbonyl (C=O) groups is 2. The lowest BCUT2D eigenvalue weighted by molar-refractivity contribution is -0.137. The predicted octanol–water partition coefficient (Wildman–Crippen LogP) is 0.794. The molecule has 1 N–H and O–H groups in total. The maximum atomic E-state index is 11.8. The van der Waals surface area contributed by atoms with Crippen LogP contribution in [-0.4, -0.2) is 60.0 Å². The first-order valence-electron chi connectivity index (χ1n) is 6.16. The highest BCUT2D eigenvalue weighted by molar-refractivity contribution is 5.76. The summed E-state index contributed by atoms with van der Waals surface area (Å²) >= 11 is 0. The van der Waals surface area contributed by atoms with E-state index in [9.17, 15) is 9.59 Å². The van der Waals surface area contributed by atoms with E-state index in [-0.39, 0.29) is 12.3 Å². The van der Waals surface area contributed by atoms with Gasteiger partial charge in [-0.25, -0.2) is 0 Å². The molecular weight excluding hydrogens is 220 g/mol. The molecule has 5 nitrogen and oxygen atoms in total. The summed E-state index contributed by atoms with van der Waals surface area (Å²) in [7, 11) is 4.07. The molecule has 0 spiro atoms. The molecule has 0 aromatic carbocycles. The average molecular weight is 242 g/mol. The highest BCUT2D eigenvalue weighted by Gasteiger charge is 2.26. The fraction of sp³-hybridized carbons (Fsp3) is 0.833. The summed E-state index contributed by atoms with van der Waals surface area (Å²) < 4.78 is 0. The summed E-state index contributed by atoms with van der Waals surface area (Å²) in [6, 6.07) is 0.470. The van der Waals surface area contributed by atoms with Crippen LogP contribution in [0.4, 0.5) is 0 Å². The van der Waals surface area contributed by atoms with Crippen LogP contribution in [0, 0.1) is 0 Å². The van der Waals surface area contributed by atoms with Gasteiger partial charge in [0.05, 0.1) is 0 Å². The molecule has 0 aliphatic carbocycles. The Kier molecular flexibility index (Phi) is 5.41. The fourth-order valence-corrected chi connectivity index (χ4v) is 2.10. The van der Waals surface area contributed by atoms with Crippen molar-refractivity contribution < 1.29 is 14.7 Å². The molecule has 0 aromatic rings. The Balaban J connectivity index is 2.18. The molecule has 1 aliphatic heterocycles. The standard InChI is InChI=1S/C12H22N2O3/c1-13(2)10-7-8-14(9-10)11(15)5-3-4-6-12(16)17/h10H,3-9H2,1-2H3,(H,16,17). The minimum atomic E-state index is -0.786. The number of carbonyl (C=O) groups excluding carboxylic acids is 1. The van der Waals surface area contributed by atoms with Gasteiger partial charge >= 0.3 is 5.97 Å². The van der Waals surface area contributed by atoms with E-state index in [1.54, 1.807) is 0 Å². The molecule has 98 valence electrons. The zero-order valence-electron chi connectivity index (χ0n) is 10.7. The summed E-state index contributed by atoms with van der Waals surface area (Å²) in [6.07, 6.45) is 2.94. The minimum Gasteiger partial charge on any atom is -0.481 e. The van der Waals surface area contributed by atoms with Gasteiger partial charge in [-0.3, -0.25) is 9.59 Å². The topological polar surface area (TPSA) is 60.9 Å². The van der Waals surface area contributed by atoms with Gasteiger partial charge in [0.25, 0.3) is 0 Å². The summed E-state index contributed by atoms with van der Waals surface area (Å²) in [5, 5.41) is 8.49. The van der Waals surface area contributed by atoms with E-state index >= 15 is 0 Å². The van der Waals surface area contributed by atoms with E-state index in [0.717, 1.165) is 19.5 Å². The second-order valence-electron chi connectivity index (χ2n) is 4.85. The third-order valence-corrected chi connectivity index (χ3v) is 3.28. The summed E-state index contributed by atoms with van der Waals surface area (Å²) in [5.41, 5.74) is 0. The van der Waals surface area contributed by atoms with Crippen LogP contribution in [0.15, 0.2) is 0 Å². The number of nitrogens with zero attached hydrogens (tertiary/aromatic N) is 2. The number of carboxylic acids is 1. The first-order valence-corrected chi connectivity index (χ1v) is 6.16. The van der Waals surface area contributed by atoms with E-state index in [0.29, 0.717) is 25.3 Å². The predicted molar refractivity (Wildman–Crippen MR) is 64.8 cm³/mol. The minimum absolute atomic E-state index is 0.160. The lowest BCUT2D eigenvalue weighted by Gasteiger charge is -2.20. The lowest BCUT2D eigenvalue weighted by Crippen LogP contribution is -2.34. The van der Waals surface area contributed by atoms with Crippen molar-refractivity contribution in [3.05, 3.63) is 0 Å². The maximum Gasteiger partial charge on any atom is 0.303 e. The van der Waals surface area contributed by atoms with E-state index in [2.05, 4.69) is 4.90 Å². The van der Waals surface area contributed by atoms with Crippen molar-refractivity contribution in [2.45, 2.75) is 38.1 Å². The number of hydrogen-bond donors (Lipinski definition) is 1. The molecular formula is C12H22N2O3. The van der Waals surface area contributed by atoms with Gasteiger partial charge in [0, 0.05) is 32.0 Å². The largest absolute Gasteiger partial charge is 0.481 e. The van der Waals surface area contributed by atoms with Crippen LogP contribution < -0.4 is 0 Å². The van der Waals surface area contributed by atoms with Gasteiger partial charge < -0.3 is 14.9 Å². The fourth-order valence-electron chi connectivity index (χ4n) is 2.10. The number of likely N-dealkylation sites (N-methyl/N-ethyl adjacent to an activating group) is 1. The summed E-state index contributed by atoms with van der Waals surface area (Å²) in [4.78, 5) is 26.2. The van der Waals surface area contributed by atoms with Gasteiger partial charge in [-0.15, -0.1) is 0 Å². The third-order valence-electron chi connectivity index (χ3n) is 3.28. The van der Waals surface area contributed by atoms with Gasteiger partial charge in [0.15, 0.2) is 0 Å². The molecule has 1 rings (SSSR count). The Bertz CT molecular complexity index is 279. The van der Waals surface area contributed by atoms with Crippen LogP contribution in [-0.2, 0) is 9.59 Å². The molecule has 1 aliphatic rings. The van der Waals surface area contributed by atoms with Crippen molar-refractivity contribution in [1.82, 2.24) is 9.80 Å². The first-order chi connectivity index (χ1) is 8.00. The Labute approximate surface area is 102 Å². The second kappa shape index (κ2) is 6.59. The molecule has 1 atom stereocenters. The van der Waals surface area contributed by atoms with Gasteiger partial charge in [-0.2, -0.15) is 0 Å². The Morgan fingerprint density at radius 2 is 1.94 bits per heavy atom. The van der Waals surface area contributed by atoms with Crippen LogP contribution in [0.2, 0.25) is 0 Å². The van der Waals surface area contributed by atoms with Crippen LogP contribution >= 0.6 is 0 Å². The highest BCUT2D eigenvalue weighted by atomic mass is 16.4. The van der Waals surface area contributed by atoms with Crippen LogP contribution in [0.25, 0.3) is 0 Å². The molecule has 1 saturated heterocycles. The van der Waals surface area contributed by atoms with E-state index in [1.165, 1.54) is 0 Å².